The molecule has 0 radical (unpaired) electrons. The van der Waals surface area contributed by atoms with E-state index in [0.717, 1.165) is 17.8 Å². The molecular formula is C16H18N2O3S. The zero-order valence-corrected chi connectivity index (χ0v) is 13.3. The second-order valence-corrected chi connectivity index (χ2v) is 5.80. The topological polar surface area (TPSA) is 81.4 Å². The molecule has 5 nitrogen and oxygen atoms in total. The van der Waals surface area contributed by atoms with Crippen LogP contribution in [0.25, 0.3) is 0 Å². The standard InChI is InChI=1S/C16H18N2O3S/c1-3-9-21-16(20)12-10(2)13(22-14(12)17)15(19)18-11-7-5-4-6-8-11/h4-8H,3,9,17H2,1-2H3,(H,18,19). The van der Waals surface area contributed by atoms with Crippen LogP contribution in [0.15, 0.2) is 30.3 Å². The lowest BCUT2D eigenvalue weighted by Gasteiger charge is -2.05. The van der Waals surface area contributed by atoms with Crippen molar-refractivity contribution in [3.63, 3.8) is 0 Å². The Balaban J connectivity index is 2.22. The summed E-state index contributed by atoms with van der Waals surface area (Å²) in [6.07, 6.45) is 0.732. The summed E-state index contributed by atoms with van der Waals surface area (Å²) >= 11 is 1.10. The smallest absolute Gasteiger partial charge is 0.341 e. The van der Waals surface area contributed by atoms with E-state index in [9.17, 15) is 9.59 Å². The lowest BCUT2D eigenvalue weighted by Crippen LogP contribution is -2.13. The number of benzene rings is 1. The molecule has 2 aromatic rings. The predicted octanol–water partition coefficient (Wildman–Crippen LogP) is 3.46. The second-order valence-electron chi connectivity index (χ2n) is 4.75. The molecule has 0 aliphatic carbocycles. The largest absolute Gasteiger partial charge is 0.462 e. The van der Waals surface area contributed by atoms with Gasteiger partial charge in [0.05, 0.1) is 17.0 Å². The van der Waals surface area contributed by atoms with Gasteiger partial charge >= 0.3 is 5.97 Å². The molecular weight excluding hydrogens is 300 g/mol. The molecule has 116 valence electrons. The van der Waals surface area contributed by atoms with E-state index in [1.54, 1.807) is 19.1 Å². The average molecular weight is 318 g/mol. The number of carbonyl (C=O) groups excluding carboxylic acids is 2. The number of thiophene rings is 1. The highest BCUT2D eigenvalue weighted by Gasteiger charge is 2.24. The predicted molar refractivity (Wildman–Crippen MR) is 88.4 cm³/mol. The maximum Gasteiger partial charge on any atom is 0.341 e. The van der Waals surface area contributed by atoms with Crippen LogP contribution in [-0.2, 0) is 4.74 Å². The minimum atomic E-state index is -0.480. The van der Waals surface area contributed by atoms with Gasteiger partial charge in [0.1, 0.15) is 5.00 Å². The van der Waals surface area contributed by atoms with Crippen molar-refractivity contribution in [2.24, 2.45) is 0 Å². The summed E-state index contributed by atoms with van der Waals surface area (Å²) in [5.41, 5.74) is 7.41. The van der Waals surface area contributed by atoms with Crippen molar-refractivity contribution in [2.45, 2.75) is 20.3 Å². The van der Waals surface area contributed by atoms with E-state index in [4.69, 9.17) is 10.5 Å². The van der Waals surface area contributed by atoms with Gasteiger partial charge in [0.2, 0.25) is 0 Å². The molecule has 6 heteroatoms. The number of nitrogens with two attached hydrogens (primary N) is 1. The molecule has 1 aromatic carbocycles. The maximum atomic E-state index is 12.3. The van der Waals surface area contributed by atoms with Gasteiger partial charge in [-0.25, -0.2) is 4.79 Å². The van der Waals surface area contributed by atoms with Crippen LogP contribution in [0, 0.1) is 6.92 Å². The average Bonchev–Trinajstić information content (AvgIpc) is 2.81. The Kier molecular flexibility index (Phi) is 5.16. The molecule has 0 atom stereocenters. The molecule has 0 aliphatic rings. The highest BCUT2D eigenvalue weighted by molar-refractivity contribution is 7.18. The van der Waals surface area contributed by atoms with E-state index < -0.39 is 5.97 Å². The molecule has 0 aliphatic heterocycles. The number of anilines is 2. The number of hydrogen-bond donors (Lipinski definition) is 2. The molecule has 0 unspecified atom stereocenters. The lowest BCUT2D eigenvalue weighted by atomic mass is 10.1. The molecule has 0 fully saturated rings. The van der Waals surface area contributed by atoms with Crippen LogP contribution in [0.1, 0.15) is 38.9 Å². The highest BCUT2D eigenvalue weighted by Crippen LogP contribution is 2.31. The lowest BCUT2D eigenvalue weighted by molar-refractivity contribution is 0.0506. The first kappa shape index (κ1) is 16.0. The Morgan fingerprint density at radius 2 is 1.95 bits per heavy atom. The fourth-order valence-corrected chi connectivity index (χ4v) is 2.94. The second kappa shape index (κ2) is 7.09. The maximum absolute atomic E-state index is 12.3. The Hall–Kier alpha value is -2.34. The van der Waals surface area contributed by atoms with Crippen LogP contribution in [0.2, 0.25) is 0 Å². The third-order valence-corrected chi connectivity index (χ3v) is 4.17. The van der Waals surface area contributed by atoms with E-state index >= 15 is 0 Å². The molecule has 0 saturated carbocycles. The summed E-state index contributed by atoms with van der Waals surface area (Å²) in [7, 11) is 0. The third kappa shape index (κ3) is 3.46. The molecule has 22 heavy (non-hydrogen) atoms. The molecule has 1 amide bonds. The van der Waals surface area contributed by atoms with Crippen molar-refractivity contribution >= 4 is 33.9 Å². The Morgan fingerprint density at radius 1 is 1.27 bits per heavy atom. The van der Waals surface area contributed by atoms with Gasteiger partial charge in [0.25, 0.3) is 5.91 Å². The fraction of sp³-hybridized carbons (Fsp3) is 0.250. The van der Waals surface area contributed by atoms with E-state index in [1.165, 1.54) is 0 Å². The summed E-state index contributed by atoms with van der Waals surface area (Å²) in [6.45, 7) is 3.95. The Labute approximate surface area is 133 Å². The Bertz CT molecular complexity index is 680. The van der Waals surface area contributed by atoms with E-state index in [-0.39, 0.29) is 11.5 Å². The van der Waals surface area contributed by atoms with Gasteiger partial charge in [-0.15, -0.1) is 11.3 Å². The van der Waals surface area contributed by atoms with Gasteiger partial charge in [0.15, 0.2) is 0 Å². The van der Waals surface area contributed by atoms with Gasteiger partial charge in [-0.3, -0.25) is 4.79 Å². The number of esters is 1. The first-order chi connectivity index (χ1) is 10.5. The number of nitrogen functional groups attached to an aromatic ring is 1. The monoisotopic (exact) mass is 318 g/mol. The quantitative estimate of drug-likeness (QED) is 0.827. The van der Waals surface area contributed by atoms with Crippen LogP contribution in [0.5, 0.6) is 0 Å². The number of para-hydroxylation sites is 1. The summed E-state index contributed by atoms with van der Waals surface area (Å²) in [4.78, 5) is 24.8. The third-order valence-electron chi connectivity index (χ3n) is 3.05. The van der Waals surface area contributed by atoms with Crippen molar-refractivity contribution < 1.29 is 14.3 Å². The van der Waals surface area contributed by atoms with Crippen LogP contribution < -0.4 is 11.1 Å². The van der Waals surface area contributed by atoms with Crippen LogP contribution in [-0.4, -0.2) is 18.5 Å². The number of rotatable bonds is 5. The van der Waals surface area contributed by atoms with Crippen molar-refractivity contribution in [2.75, 3.05) is 17.7 Å². The molecule has 2 rings (SSSR count). The first-order valence-electron chi connectivity index (χ1n) is 6.97. The summed E-state index contributed by atoms with van der Waals surface area (Å²) in [6, 6.07) is 9.12. The fourth-order valence-electron chi connectivity index (χ4n) is 1.98. The van der Waals surface area contributed by atoms with Crippen LogP contribution in [0.3, 0.4) is 0 Å². The van der Waals surface area contributed by atoms with Gasteiger partial charge < -0.3 is 15.8 Å². The number of hydrogen-bond acceptors (Lipinski definition) is 5. The zero-order chi connectivity index (χ0) is 16.1. The van der Waals surface area contributed by atoms with E-state index in [0.29, 0.717) is 27.7 Å². The first-order valence-corrected chi connectivity index (χ1v) is 7.78. The Morgan fingerprint density at radius 3 is 2.59 bits per heavy atom. The van der Waals surface area contributed by atoms with Crippen molar-refractivity contribution in [3.8, 4) is 0 Å². The number of nitrogens with one attached hydrogen (secondary N) is 1. The summed E-state index contributed by atoms with van der Waals surface area (Å²) in [5.74, 6) is -0.762. The zero-order valence-electron chi connectivity index (χ0n) is 12.5. The molecule has 0 bridgehead atoms. The number of ether oxygens (including phenoxy) is 1. The van der Waals surface area contributed by atoms with Crippen molar-refractivity contribution in [1.29, 1.82) is 0 Å². The van der Waals surface area contributed by atoms with Crippen molar-refractivity contribution in [1.82, 2.24) is 0 Å². The van der Waals surface area contributed by atoms with Crippen LogP contribution >= 0.6 is 11.3 Å². The molecule has 3 N–H and O–H groups in total. The molecule has 0 spiro atoms. The SMILES string of the molecule is CCCOC(=O)c1c(N)sc(C(=O)Nc2ccccc2)c1C. The van der Waals surface area contributed by atoms with Gasteiger partial charge in [-0.1, -0.05) is 25.1 Å². The van der Waals surface area contributed by atoms with Gasteiger partial charge in [-0.05, 0) is 31.0 Å². The number of carbonyl (C=O) groups is 2. The minimum Gasteiger partial charge on any atom is -0.462 e. The minimum absolute atomic E-state index is 0.282. The van der Waals surface area contributed by atoms with E-state index in [2.05, 4.69) is 5.32 Å². The number of amides is 1. The molecule has 1 heterocycles. The summed E-state index contributed by atoms with van der Waals surface area (Å²) in [5, 5.41) is 3.09. The van der Waals surface area contributed by atoms with Crippen molar-refractivity contribution in [3.05, 3.63) is 46.3 Å². The van der Waals surface area contributed by atoms with Gasteiger partial charge in [-0.2, -0.15) is 0 Å². The normalized spacial score (nSPS) is 10.3. The van der Waals surface area contributed by atoms with Gasteiger partial charge in [0, 0.05) is 5.69 Å². The van der Waals surface area contributed by atoms with Crippen LogP contribution in [0.4, 0.5) is 10.7 Å². The van der Waals surface area contributed by atoms with E-state index in [1.807, 2.05) is 25.1 Å². The molecule has 1 aromatic heterocycles. The highest BCUT2D eigenvalue weighted by atomic mass is 32.1. The molecule has 0 saturated heterocycles. The summed E-state index contributed by atoms with van der Waals surface area (Å²) < 4.78 is 5.11.